The van der Waals surface area contributed by atoms with Crippen LogP contribution in [0, 0.1) is 0 Å². The molecule has 70 valence electrons. The van der Waals surface area contributed by atoms with Crippen molar-refractivity contribution in [3.8, 4) is 0 Å². The fourth-order valence-corrected chi connectivity index (χ4v) is 1.36. The van der Waals surface area contributed by atoms with E-state index in [1.165, 1.54) is 7.11 Å². The van der Waals surface area contributed by atoms with E-state index in [1.54, 1.807) is 6.07 Å². The van der Waals surface area contributed by atoms with Crippen molar-refractivity contribution >= 4 is 18.6 Å². The molecule has 13 heavy (non-hydrogen) atoms. The molecule has 0 aliphatic rings. The third-order valence-electron chi connectivity index (χ3n) is 1.75. The molecule has 0 saturated heterocycles. The molecule has 0 amide bonds. The van der Waals surface area contributed by atoms with Gasteiger partial charge in [-0.05, 0) is 29.9 Å². The number of carbonyl (C=O) groups excluding carboxylic acids is 1. The van der Waals surface area contributed by atoms with Crippen LogP contribution in [-0.2, 0) is 11.2 Å². The Balaban J connectivity index is 2.85. The molecule has 0 aliphatic carbocycles. The van der Waals surface area contributed by atoms with Crippen LogP contribution in [0.2, 0.25) is 0 Å². The Morgan fingerprint density at radius 1 is 1.54 bits per heavy atom. The molecule has 1 aromatic rings. The van der Waals surface area contributed by atoms with Crippen molar-refractivity contribution in [2.45, 2.75) is 6.42 Å². The maximum atomic E-state index is 11.1. The Morgan fingerprint density at radius 2 is 2.31 bits per heavy atom. The largest absolute Gasteiger partial charge is 0.465 e. The predicted octanol–water partition coefficient (Wildman–Crippen LogP) is 1.95. The van der Waals surface area contributed by atoms with Gasteiger partial charge in [-0.25, -0.2) is 4.79 Å². The Bertz CT molecular complexity index is 297. The van der Waals surface area contributed by atoms with Crippen LogP contribution >= 0.6 is 12.6 Å². The summed E-state index contributed by atoms with van der Waals surface area (Å²) in [5.41, 5.74) is 1.71. The van der Waals surface area contributed by atoms with Gasteiger partial charge in [0.25, 0.3) is 0 Å². The topological polar surface area (TPSA) is 26.3 Å². The molecule has 0 fully saturated rings. The summed E-state index contributed by atoms with van der Waals surface area (Å²) >= 11 is 4.12. The number of hydrogen-bond acceptors (Lipinski definition) is 3. The van der Waals surface area contributed by atoms with Gasteiger partial charge in [0, 0.05) is 0 Å². The average molecular weight is 196 g/mol. The molecule has 0 aromatic heterocycles. The lowest BCUT2D eigenvalue weighted by Gasteiger charge is -2.01. The van der Waals surface area contributed by atoms with Gasteiger partial charge in [-0.3, -0.25) is 0 Å². The van der Waals surface area contributed by atoms with Gasteiger partial charge in [0.05, 0.1) is 12.7 Å². The van der Waals surface area contributed by atoms with Gasteiger partial charge in [-0.2, -0.15) is 12.6 Å². The van der Waals surface area contributed by atoms with E-state index in [9.17, 15) is 4.79 Å². The van der Waals surface area contributed by atoms with Crippen molar-refractivity contribution in [3.63, 3.8) is 0 Å². The van der Waals surface area contributed by atoms with Gasteiger partial charge < -0.3 is 4.74 Å². The van der Waals surface area contributed by atoms with Gasteiger partial charge in [0.2, 0.25) is 0 Å². The zero-order valence-electron chi connectivity index (χ0n) is 7.49. The maximum absolute atomic E-state index is 11.1. The Labute approximate surface area is 83.3 Å². The summed E-state index contributed by atoms with van der Waals surface area (Å²) in [4.78, 5) is 11.1. The van der Waals surface area contributed by atoms with E-state index in [0.29, 0.717) is 5.56 Å². The number of hydrogen-bond donors (Lipinski definition) is 1. The Morgan fingerprint density at radius 3 is 2.92 bits per heavy atom. The van der Waals surface area contributed by atoms with E-state index >= 15 is 0 Å². The Hall–Kier alpha value is -0.960. The van der Waals surface area contributed by atoms with Gasteiger partial charge in [-0.1, -0.05) is 12.1 Å². The van der Waals surface area contributed by atoms with Crippen molar-refractivity contribution in [3.05, 3.63) is 35.4 Å². The van der Waals surface area contributed by atoms with E-state index in [0.717, 1.165) is 17.7 Å². The highest BCUT2D eigenvalue weighted by Crippen LogP contribution is 2.07. The highest BCUT2D eigenvalue weighted by Gasteiger charge is 2.04. The zero-order chi connectivity index (χ0) is 9.68. The van der Waals surface area contributed by atoms with Crippen molar-refractivity contribution in [1.29, 1.82) is 0 Å². The number of aryl methyl sites for hydroxylation is 1. The molecule has 1 rings (SSSR count). The van der Waals surface area contributed by atoms with Crippen LogP contribution in [0.1, 0.15) is 15.9 Å². The van der Waals surface area contributed by atoms with E-state index in [2.05, 4.69) is 17.4 Å². The number of esters is 1. The average Bonchev–Trinajstić information content (AvgIpc) is 2.18. The molecule has 1 aromatic carbocycles. The fourth-order valence-electron chi connectivity index (χ4n) is 1.10. The lowest BCUT2D eigenvalue weighted by atomic mass is 10.1. The van der Waals surface area contributed by atoms with Gasteiger partial charge in [0.15, 0.2) is 0 Å². The van der Waals surface area contributed by atoms with Crippen molar-refractivity contribution in [1.82, 2.24) is 0 Å². The molecule has 0 saturated carbocycles. The molecule has 0 N–H and O–H groups in total. The SMILES string of the molecule is COC(=O)c1cccc(CCS)c1. The van der Waals surface area contributed by atoms with E-state index in [1.807, 2.05) is 18.2 Å². The first-order valence-corrected chi connectivity index (χ1v) is 4.69. The monoisotopic (exact) mass is 196 g/mol. The second-order valence-corrected chi connectivity index (χ2v) is 3.11. The summed E-state index contributed by atoms with van der Waals surface area (Å²) in [6.07, 6.45) is 0.869. The second-order valence-electron chi connectivity index (χ2n) is 2.67. The number of thiol groups is 1. The molecule has 0 bridgehead atoms. The molecular formula is C10H12O2S. The third kappa shape index (κ3) is 2.77. The molecule has 3 heteroatoms. The minimum absolute atomic E-state index is 0.291. The molecular weight excluding hydrogens is 184 g/mol. The van der Waals surface area contributed by atoms with E-state index in [4.69, 9.17) is 0 Å². The summed E-state index contributed by atoms with van der Waals surface area (Å²) in [6, 6.07) is 7.41. The number of benzene rings is 1. The van der Waals surface area contributed by atoms with Crippen LogP contribution in [-0.4, -0.2) is 18.8 Å². The molecule has 0 spiro atoms. The number of ether oxygens (including phenoxy) is 1. The summed E-state index contributed by atoms with van der Waals surface area (Å²) in [7, 11) is 1.38. The maximum Gasteiger partial charge on any atom is 0.337 e. The van der Waals surface area contributed by atoms with E-state index < -0.39 is 0 Å². The molecule has 2 nitrogen and oxygen atoms in total. The number of carbonyl (C=O) groups is 1. The molecule has 0 radical (unpaired) electrons. The standard InChI is InChI=1S/C10H12O2S/c1-12-10(11)9-4-2-3-8(7-9)5-6-13/h2-4,7,13H,5-6H2,1H3. The van der Waals surface area contributed by atoms with Gasteiger partial charge in [-0.15, -0.1) is 0 Å². The molecule has 0 aliphatic heterocycles. The van der Waals surface area contributed by atoms with Crippen LogP contribution in [0.15, 0.2) is 24.3 Å². The van der Waals surface area contributed by atoms with Gasteiger partial charge in [0.1, 0.15) is 0 Å². The number of methoxy groups -OCH3 is 1. The molecule has 0 atom stereocenters. The zero-order valence-corrected chi connectivity index (χ0v) is 8.38. The van der Waals surface area contributed by atoms with Gasteiger partial charge >= 0.3 is 5.97 Å². The van der Waals surface area contributed by atoms with Crippen LogP contribution in [0.3, 0.4) is 0 Å². The lowest BCUT2D eigenvalue weighted by molar-refractivity contribution is 0.0600. The van der Waals surface area contributed by atoms with E-state index in [-0.39, 0.29) is 5.97 Å². The quantitative estimate of drug-likeness (QED) is 0.590. The van der Waals surface area contributed by atoms with Crippen molar-refractivity contribution in [2.24, 2.45) is 0 Å². The second kappa shape index (κ2) is 4.92. The molecule has 0 heterocycles. The predicted molar refractivity (Wildman–Crippen MR) is 55.3 cm³/mol. The van der Waals surface area contributed by atoms with Crippen molar-refractivity contribution < 1.29 is 9.53 Å². The fraction of sp³-hybridized carbons (Fsp3) is 0.300. The number of rotatable bonds is 3. The first-order chi connectivity index (χ1) is 6.27. The van der Waals surface area contributed by atoms with Crippen LogP contribution < -0.4 is 0 Å². The summed E-state index contributed by atoms with van der Waals surface area (Å²) in [5, 5.41) is 0. The Kier molecular flexibility index (Phi) is 3.83. The normalized spacial score (nSPS) is 9.69. The summed E-state index contributed by atoms with van der Waals surface area (Å²) in [6.45, 7) is 0. The third-order valence-corrected chi connectivity index (χ3v) is 1.97. The first-order valence-electron chi connectivity index (χ1n) is 4.06. The summed E-state index contributed by atoms with van der Waals surface area (Å²) < 4.78 is 4.61. The van der Waals surface area contributed by atoms with Crippen molar-refractivity contribution in [2.75, 3.05) is 12.9 Å². The van der Waals surface area contributed by atoms with Crippen LogP contribution in [0.5, 0.6) is 0 Å². The highest BCUT2D eigenvalue weighted by atomic mass is 32.1. The lowest BCUT2D eigenvalue weighted by Crippen LogP contribution is -2.01. The first kappa shape index (κ1) is 10.1. The van der Waals surface area contributed by atoms with Crippen LogP contribution in [0.4, 0.5) is 0 Å². The minimum Gasteiger partial charge on any atom is -0.465 e. The minimum atomic E-state index is -0.291. The summed E-state index contributed by atoms with van der Waals surface area (Å²) in [5.74, 6) is 0.492. The molecule has 0 unspecified atom stereocenters. The highest BCUT2D eigenvalue weighted by molar-refractivity contribution is 7.80. The van der Waals surface area contributed by atoms with Crippen LogP contribution in [0.25, 0.3) is 0 Å². The smallest absolute Gasteiger partial charge is 0.337 e.